The molecule has 0 spiro atoms. The number of likely N-dealkylation sites (N-methyl/N-ethyl adjacent to an activating group) is 1. The molecular formula is C21H25N3O5S. The molecule has 1 aliphatic heterocycles. The van der Waals surface area contributed by atoms with E-state index < -0.39 is 10.0 Å². The van der Waals surface area contributed by atoms with Gasteiger partial charge in [0.2, 0.25) is 5.91 Å². The minimum atomic E-state index is -3.77. The minimum absolute atomic E-state index is 0.0478. The number of nitrogens with zero attached hydrogens (tertiary/aromatic N) is 2. The molecule has 30 heavy (non-hydrogen) atoms. The molecule has 0 radical (unpaired) electrons. The average Bonchev–Trinajstić information content (AvgIpc) is 2.75. The Morgan fingerprint density at radius 2 is 1.63 bits per heavy atom. The molecule has 0 saturated carbocycles. The number of rotatable bonds is 6. The number of anilines is 1. The van der Waals surface area contributed by atoms with E-state index in [1.807, 2.05) is 19.1 Å². The maximum Gasteiger partial charge on any atom is 0.261 e. The predicted molar refractivity (Wildman–Crippen MR) is 113 cm³/mol. The van der Waals surface area contributed by atoms with Gasteiger partial charge in [-0.05, 0) is 43.3 Å². The molecule has 3 rings (SSSR count). The molecule has 0 aliphatic carbocycles. The van der Waals surface area contributed by atoms with Crippen molar-refractivity contribution in [1.82, 2.24) is 9.80 Å². The van der Waals surface area contributed by atoms with Crippen molar-refractivity contribution in [3.63, 3.8) is 0 Å². The summed E-state index contributed by atoms with van der Waals surface area (Å²) in [5.41, 5.74) is 1.79. The molecule has 1 fully saturated rings. The third kappa shape index (κ3) is 5.37. The van der Waals surface area contributed by atoms with E-state index in [1.165, 1.54) is 29.2 Å². The molecule has 1 aliphatic rings. The van der Waals surface area contributed by atoms with Crippen LogP contribution >= 0.6 is 0 Å². The van der Waals surface area contributed by atoms with Crippen LogP contribution in [0.2, 0.25) is 0 Å². The van der Waals surface area contributed by atoms with Crippen LogP contribution in [0.5, 0.6) is 0 Å². The highest BCUT2D eigenvalue weighted by atomic mass is 32.2. The molecule has 1 N–H and O–H groups in total. The summed E-state index contributed by atoms with van der Waals surface area (Å²) >= 11 is 0. The Labute approximate surface area is 176 Å². The molecule has 9 heteroatoms. The molecule has 0 unspecified atom stereocenters. The van der Waals surface area contributed by atoms with Gasteiger partial charge in [0.25, 0.3) is 15.9 Å². The molecule has 1 saturated heterocycles. The summed E-state index contributed by atoms with van der Waals surface area (Å²) in [4.78, 5) is 28.0. The molecule has 0 bridgehead atoms. The van der Waals surface area contributed by atoms with Gasteiger partial charge in [0.1, 0.15) is 0 Å². The van der Waals surface area contributed by atoms with E-state index >= 15 is 0 Å². The molecule has 160 valence electrons. The smallest absolute Gasteiger partial charge is 0.261 e. The van der Waals surface area contributed by atoms with E-state index in [9.17, 15) is 18.0 Å². The summed E-state index contributed by atoms with van der Waals surface area (Å²) in [6.45, 7) is 3.89. The number of carbonyl (C=O) groups is 2. The Morgan fingerprint density at radius 3 is 2.23 bits per heavy atom. The van der Waals surface area contributed by atoms with E-state index in [-0.39, 0.29) is 23.3 Å². The Bertz CT molecular complexity index is 998. The fourth-order valence-corrected chi connectivity index (χ4v) is 4.08. The second kappa shape index (κ2) is 9.27. The monoisotopic (exact) mass is 431 g/mol. The number of carbonyl (C=O) groups excluding carboxylic acids is 2. The van der Waals surface area contributed by atoms with Gasteiger partial charge in [0.05, 0.1) is 24.7 Å². The van der Waals surface area contributed by atoms with Crippen molar-refractivity contribution in [3.8, 4) is 0 Å². The largest absolute Gasteiger partial charge is 0.378 e. The molecule has 0 atom stereocenters. The van der Waals surface area contributed by atoms with Crippen LogP contribution in [0.25, 0.3) is 0 Å². The number of ether oxygens (including phenoxy) is 1. The van der Waals surface area contributed by atoms with Gasteiger partial charge in [0.15, 0.2) is 0 Å². The van der Waals surface area contributed by atoms with Crippen molar-refractivity contribution in [2.75, 3.05) is 44.6 Å². The number of benzene rings is 2. The lowest BCUT2D eigenvalue weighted by Gasteiger charge is -2.28. The van der Waals surface area contributed by atoms with Crippen LogP contribution in [0.15, 0.2) is 53.4 Å². The van der Waals surface area contributed by atoms with E-state index in [0.717, 1.165) is 5.56 Å². The predicted octanol–water partition coefficient (Wildman–Crippen LogP) is 1.73. The summed E-state index contributed by atoms with van der Waals surface area (Å²) in [6.07, 6.45) is 0. The van der Waals surface area contributed by atoms with Gasteiger partial charge in [-0.25, -0.2) is 8.42 Å². The highest BCUT2D eigenvalue weighted by Gasteiger charge is 2.22. The van der Waals surface area contributed by atoms with E-state index in [4.69, 9.17) is 4.74 Å². The molecule has 2 aromatic carbocycles. The Morgan fingerprint density at radius 1 is 1.03 bits per heavy atom. The number of hydrogen-bond acceptors (Lipinski definition) is 5. The topological polar surface area (TPSA) is 96.0 Å². The quantitative estimate of drug-likeness (QED) is 0.752. The number of morpholine rings is 1. The summed E-state index contributed by atoms with van der Waals surface area (Å²) in [5, 5.41) is 0. The van der Waals surface area contributed by atoms with Gasteiger partial charge < -0.3 is 14.5 Å². The van der Waals surface area contributed by atoms with Crippen LogP contribution in [0.3, 0.4) is 0 Å². The zero-order valence-electron chi connectivity index (χ0n) is 17.0. The zero-order valence-corrected chi connectivity index (χ0v) is 17.8. The van der Waals surface area contributed by atoms with Crippen LogP contribution in [-0.2, 0) is 19.6 Å². The molecule has 2 aromatic rings. The molecule has 8 nitrogen and oxygen atoms in total. The highest BCUT2D eigenvalue weighted by Crippen LogP contribution is 2.17. The molecular weight excluding hydrogens is 406 g/mol. The third-order valence-electron chi connectivity index (χ3n) is 4.80. The summed E-state index contributed by atoms with van der Waals surface area (Å²) in [7, 11) is -2.22. The van der Waals surface area contributed by atoms with E-state index in [0.29, 0.717) is 37.6 Å². The van der Waals surface area contributed by atoms with Crippen molar-refractivity contribution < 1.29 is 22.7 Å². The number of amides is 2. The highest BCUT2D eigenvalue weighted by molar-refractivity contribution is 7.92. The first-order valence-electron chi connectivity index (χ1n) is 9.57. The minimum Gasteiger partial charge on any atom is -0.378 e. The molecule has 0 aromatic heterocycles. The second-order valence-corrected chi connectivity index (χ2v) is 8.83. The molecule has 1 heterocycles. The van der Waals surface area contributed by atoms with Crippen molar-refractivity contribution in [1.29, 1.82) is 0 Å². The lowest BCUT2D eigenvalue weighted by Crippen LogP contribution is -2.46. The summed E-state index contributed by atoms with van der Waals surface area (Å²) in [6, 6.07) is 12.6. The van der Waals surface area contributed by atoms with Gasteiger partial charge in [-0.1, -0.05) is 17.7 Å². The summed E-state index contributed by atoms with van der Waals surface area (Å²) in [5.74, 6) is -0.498. The normalized spacial score (nSPS) is 14.3. The Balaban J connectivity index is 1.64. The molecule has 2 amide bonds. The zero-order chi connectivity index (χ0) is 21.7. The number of aryl methyl sites for hydroxylation is 1. The lowest BCUT2D eigenvalue weighted by atomic mass is 10.2. The van der Waals surface area contributed by atoms with Gasteiger partial charge in [-0.3, -0.25) is 14.3 Å². The third-order valence-corrected chi connectivity index (χ3v) is 6.20. The summed E-state index contributed by atoms with van der Waals surface area (Å²) < 4.78 is 32.8. The number of hydrogen-bond donors (Lipinski definition) is 1. The van der Waals surface area contributed by atoms with Crippen molar-refractivity contribution in [2.45, 2.75) is 11.8 Å². The van der Waals surface area contributed by atoms with E-state index in [1.54, 1.807) is 24.1 Å². The van der Waals surface area contributed by atoms with Crippen molar-refractivity contribution in [3.05, 3.63) is 59.7 Å². The lowest BCUT2D eigenvalue weighted by molar-refractivity contribution is -0.135. The maximum absolute atomic E-state index is 12.6. The van der Waals surface area contributed by atoms with Gasteiger partial charge in [-0.2, -0.15) is 0 Å². The van der Waals surface area contributed by atoms with Crippen molar-refractivity contribution in [2.24, 2.45) is 0 Å². The number of nitrogens with one attached hydrogen (secondary N) is 1. The Hall–Kier alpha value is -2.91. The first-order valence-corrected chi connectivity index (χ1v) is 11.0. The fourth-order valence-electron chi connectivity index (χ4n) is 3.02. The SMILES string of the molecule is Cc1ccc(NS(=O)(=O)c2ccc(C(=O)N(C)CC(=O)N3CCOCC3)cc2)cc1. The van der Waals surface area contributed by atoms with E-state index in [2.05, 4.69) is 4.72 Å². The van der Waals surface area contributed by atoms with Crippen molar-refractivity contribution >= 4 is 27.5 Å². The number of sulfonamides is 1. The van der Waals surface area contributed by atoms with Crippen LogP contribution in [0.1, 0.15) is 15.9 Å². The van der Waals surface area contributed by atoms with Gasteiger partial charge in [0, 0.05) is 31.4 Å². The van der Waals surface area contributed by atoms with Gasteiger partial charge in [-0.15, -0.1) is 0 Å². The van der Waals surface area contributed by atoms with Crippen LogP contribution < -0.4 is 4.72 Å². The maximum atomic E-state index is 12.6. The first-order chi connectivity index (χ1) is 14.3. The van der Waals surface area contributed by atoms with Crippen LogP contribution in [-0.4, -0.2) is 69.9 Å². The van der Waals surface area contributed by atoms with Crippen LogP contribution in [0, 0.1) is 6.92 Å². The Kier molecular flexibility index (Phi) is 6.73. The average molecular weight is 432 g/mol. The van der Waals surface area contributed by atoms with Gasteiger partial charge >= 0.3 is 0 Å². The second-order valence-electron chi connectivity index (χ2n) is 7.15. The standard InChI is InChI=1S/C21H25N3O5S/c1-16-3-7-18(8-4-16)22-30(27,28)19-9-5-17(6-10-19)21(26)23(2)15-20(25)24-11-13-29-14-12-24/h3-10,22H,11-15H2,1-2H3. The fraction of sp³-hybridized carbons (Fsp3) is 0.333. The first kappa shape index (κ1) is 21.8. The van der Waals surface area contributed by atoms with Crippen LogP contribution in [0.4, 0.5) is 5.69 Å².